The van der Waals surface area contributed by atoms with E-state index in [2.05, 4.69) is 4.98 Å². The third-order valence-corrected chi connectivity index (χ3v) is 2.28. The molecule has 0 saturated heterocycles. The van der Waals surface area contributed by atoms with Gasteiger partial charge in [0.05, 0.1) is 5.39 Å². The maximum atomic E-state index is 13.3. The summed E-state index contributed by atoms with van der Waals surface area (Å²) in [5.74, 6) is 0.0518. The second-order valence-electron chi connectivity index (χ2n) is 3.16. The molecule has 0 N–H and O–H groups in total. The summed E-state index contributed by atoms with van der Waals surface area (Å²) < 4.78 is 14.7. The highest BCUT2D eigenvalue weighted by atomic mass is 19.1. The predicted molar refractivity (Wildman–Crippen MR) is 51.7 cm³/mol. The summed E-state index contributed by atoms with van der Waals surface area (Å²) in [6.45, 7) is 1.67. The summed E-state index contributed by atoms with van der Waals surface area (Å²) in [4.78, 5) is 15.7. The van der Waals surface area contributed by atoms with Crippen molar-refractivity contribution in [2.24, 2.45) is 7.05 Å². The van der Waals surface area contributed by atoms with E-state index in [-0.39, 0.29) is 11.1 Å². The van der Waals surface area contributed by atoms with Crippen molar-refractivity contribution in [2.45, 2.75) is 6.92 Å². The molecule has 14 heavy (non-hydrogen) atoms. The Morgan fingerprint density at radius 1 is 1.43 bits per heavy atom. The summed E-state index contributed by atoms with van der Waals surface area (Å²) in [7, 11) is 1.62. The first-order chi connectivity index (χ1) is 6.61. The van der Waals surface area contributed by atoms with Crippen LogP contribution in [-0.2, 0) is 7.05 Å². The third kappa shape index (κ3) is 1.11. The molecule has 1 heterocycles. The molecule has 2 aromatic rings. The number of rotatable bonds is 0. The number of hydrogen-bond acceptors (Lipinski definition) is 2. The summed E-state index contributed by atoms with van der Waals surface area (Å²) in [6.07, 6.45) is 0. The lowest BCUT2D eigenvalue weighted by molar-refractivity contribution is 0.634. The monoisotopic (exact) mass is 192 g/mol. The first-order valence-corrected chi connectivity index (χ1v) is 4.23. The molecular formula is C10H9FN2O. The van der Waals surface area contributed by atoms with Gasteiger partial charge in [-0.3, -0.25) is 9.36 Å². The number of halogens is 1. The minimum atomic E-state index is -0.455. The lowest BCUT2D eigenvalue weighted by Gasteiger charge is -2.04. The van der Waals surface area contributed by atoms with E-state index in [9.17, 15) is 9.18 Å². The Kier molecular flexibility index (Phi) is 1.84. The van der Waals surface area contributed by atoms with E-state index in [1.807, 2.05) is 0 Å². The van der Waals surface area contributed by atoms with E-state index in [1.54, 1.807) is 20.0 Å². The highest BCUT2D eigenvalue weighted by Gasteiger charge is 2.07. The average Bonchev–Trinajstić information content (AvgIpc) is 2.17. The fourth-order valence-electron chi connectivity index (χ4n) is 1.37. The number of aromatic nitrogens is 2. The molecule has 0 aliphatic carbocycles. The number of para-hydroxylation sites is 1. The van der Waals surface area contributed by atoms with Gasteiger partial charge in [-0.2, -0.15) is 0 Å². The molecule has 72 valence electrons. The van der Waals surface area contributed by atoms with E-state index in [0.29, 0.717) is 11.2 Å². The second-order valence-corrected chi connectivity index (χ2v) is 3.16. The smallest absolute Gasteiger partial charge is 0.261 e. The SMILES string of the molecule is Cc1nc2c(F)cccc2c(=O)n1C. The summed E-state index contributed by atoms with van der Waals surface area (Å²) in [5.41, 5.74) is -0.0694. The molecule has 4 heteroatoms. The Labute approximate surface area is 79.8 Å². The molecule has 0 aliphatic rings. The Morgan fingerprint density at radius 2 is 2.14 bits per heavy atom. The number of fused-ring (bicyclic) bond motifs is 1. The van der Waals surface area contributed by atoms with Crippen LogP contribution in [0.5, 0.6) is 0 Å². The standard InChI is InChI=1S/C10H9FN2O/c1-6-12-9-7(10(14)13(6)2)4-3-5-8(9)11/h3-5H,1-2H3. The Morgan fingerprint density at radius 3 is 2.86 bits per heavy atom. The van der Waals surface area contributed by atoms with Crippen molar-refractivity contribution in [3.8, 4) is 0 Å². The van der Waals surface area contributed by atoms with E-state index in [4.69, 9.17) is 0 Å². The van der Waals surface area contributed by atoms with Crippen LogP contribution in [0.3, 0.4) is 0 Å². The molecule has 0 atom stereocenters. The fourth-order valence-corrected chi connectivity index (χ4v) is 1.37. The second kappa shape index (κ2) is 2.90. The highest BCUT2D eigenvalue weighted by molar-refractivity contribution is 5.77. The van der Waals surface area contributed by atoms with Crippen molar-refractivity contribution in [1.29, 1.82) is 0 Å². The minimum absolute atomic E-state index is 0.146. The van der Waals surface area contributed by atoms with Gasteiger partial charge in [0.1, 0.15) is 17.2 Å². The van der Waals surface area contributed by atoms with Crippen molar-refractivity contribution in [1.82, 2.24) is 9.55 Å². The van der Waals surface area contributed by atoms with Crippen molar-refractivity contribution in [3.63, 3.8) is 0 Å². The van der Waals surface area contributed by atoms with Crippen molar-refractivity contribution in [2.75, 3.05) is 0 Å². The zero-order valence-electron chi connectivity index (χ0n) is 7.91. The largest absolute Gasteiger partial charge is 0.299 e. The molecule has 2 rings (SSSR count). The third-order valence-electron chi connectivity index (χ3n) is 2.28. The van der Waals surface area contributed by atoms with Crippen LogP contribution in [0.4, 0.5) is 4.39 Å². The maximum Gasteiger partial charge on any atom is 0.261 e. The maximum absolute atomic E-state index is 13.3. The average molecular weight is 192 g/mol. The van der Waals surface area contributed by atoms with Gasteiger partial charge in [-0.05, 0) is 19.1 Å². The number of hydrogen-bond donors (Lipinski definition) is 0. The van der Waals surface area contributed by atoms with Crippen molar-refractivity contribution in [3.05, 3.63) is 40.2 Å². The van der Waals surface area contributed by atoms with Crippen LogP contribution in [0, 0.1) is 12.7 Å². The van der Waals surface area contributed by atoms with Crippen LogP contribution >= 0.6 is 0 Å². The number of benzene rings is 1. The highest BCUT2D eigenvalue weighted by Crippen LogP contribution is 2.11. The van der Waals surface area contributed by atoms with Crippen LogP contribution in [-0.4, -0.2) is 9.55 Å². The number of nitrogens with zero attached hydrogens (tertiary/aromatic N) is 2. The normalized spacial score (nSPS) is 10.8. The summed E-state index contributed by atoms with van der Waals surface area (Å²) in [5, 5.41) is 0.318. The lowest BCUT2D eigenvalue weighted by Crippen LogP contribution is -2.20. The minimum Gasteiger partial charge on any atom is -0.299 e. The quantitative estimate of drug-likeness (QED) is 0.632. The first-order valence-electron chi connectivity index (χ1n) is 4.23. The molecular weight excluding hydrogens is 183 g/mol. The van der Waals surface area contributed by atoms with E-state index in [0.717, 1.165) is 0 Å². The van der Waals surface area contributed by atoms with Crippen molar-refractivity contribution >= 4 is 10.9 Å². The van der Waals surface area contributed by atoms with Gasteiger partial charge in [0.2, 0.25) is 0 Å². The van der Waals surface area contributed by atoms with Gasteiger partial charge in [-0.25, -0.2) is 9.37 Å². The topological polar surface area (TPSA) is 34.9 Å². The van der Waals surface area contributed by atoms with Gasteiger partial charge in [0, 0.05) is 7.05 Å². The van der Waals surface area contributed by atoms with Gasteiger partial charge in [-0.15, -0.1) is 0 Å². The zero-order chi connectivity index (χ0) is 10.3. The first kappa shape index (κ1) is 8.87. The van der Waals surface area contributed by atoms with E-state index >= 15 is 0 Å². The molecule has 0 radical (unpaired) electrons. The Bertz CT molecular complexity index is 560. The van der Waals surface area contributed by atoms with Gasteiger partial charge < -0.3 is 0 Å². The number of aryl methyl sites for hydroxylation is 1. The van der Waals surface area contributed by atoms with Gasteiger partial charge >= 0.3 is 0 Å². The molecule has 0 unspecified atom stereocenters. The molecule has 3 nitrogen and oxygen atoms in total. The predicted octanol–water partition coefficient (Wildman–Crippen LogP) is 1.38. The molecule has 0 spiro atoms. The molecule has 0 saturated carbocycles. The summed E-state index contributed by atoms with van der Waals surface area (Å²) >= 11 is 0. The molecule has 0 amide bonds. The zero-order valence-corrected chi connectivity index (χ0v) is 7.91. The Hall–Kier alpha value is -1.71. The molecule has 1 aromatic heterocycles. The lowest BCUT2D eigenvalue weighted by atomic mass is 10.2. The molecule has 0 bridgehead atoms. The van der Waals surface area contributed by atoms with E-state index < -0.39 is 5.82 Å². The van der Waals surface area contributed by atoms with Crippen LogP contribution in [0.1, 0.15) is 5.82 Å². The summed E-state index contributed by atoms with van der Waals surface area (Å²) in [6, 6.07) is 4.39. The van der Waals surface area contributed by atoms with Crippen molar-refractivity contribution < 1.29 is 4.39 Å². The van der Waals surface area contributed by atoms with Crippen LogP contribution in [0.15, 0.2) is 23.0 Å². The fraction of sp³-hybridized carbons (Fsp3) is 0.200. The van der Waals surface area contributed by atoms with Crippen LogP contribution < -0.4 is 5.56 Å². The van der Waals surface area contributed by atoms with Crippen LogP contribution in [0.25, 0.3) is 10.9 Å². The Balaban J connectivity index is 3.06. The van der Waals surface area contributed by atoms with Gasteiger partial charge in [0.25, 0.3) is 5.56 Å². The van der Waals surface area contributed by atoms with E-state index in [1.165, 1.54) is 16.7 Å². The van der Waals surface area contributed by atoms with Gasteiger partial charge in [-0.1, -0.05) is 6.07 Å². The molecule has 1 aromatic carbocycles. The van der Waals surface area contributed by atoms with Crippen LogP contribution in [0.2, 0.25) is 0 Å². The molecule has 0 fully saturated rings. The van der Waals surface area contributed by atoms with Gasteiger partial charge in [0.15, 0.2) is 0 Å². The molecule has 0 aliphatic heterocycles.